The molecule has 6 heteroatoms. The van der Waals surface area contributed by atoms with E-state index in [1.807, 2.05) is 45.0 Å². The Bertz CT molecular complexity index is 665. The predicted octanol–water partition coefficient (Wildman–Crippen LogP) is 2.71. The molecular formula is C20H28N2O4. The average Bonchev–Trinajstić information content (AvgIpc) is 2.84. The molecule has 1 aromatic rings. The number of nitrogens with zero attached hydrogens (tertiary/aromatic N) is 2. The lowest BCUT2D eigenvalue weighted by atomic mass is 9.93. The number of piperidine rings is 1. The zero-order valence-corrected chi connectivity index (χ0v) is 16.0. The molecule has 2 bridgehead atoms. The van der Waals surface area contributed by atoms with Crippen LogP contribution in [0.4, 0.5) is 4.79 Å². The van der Waals surface area contributed by atoms with Gasteiger partial charge in [0, 0.05) is 44.6 Å². The molecule has 4 rings (SSSR count). The van der Waals surface area contributed by atoms with Crippen LogP contribution >= 0.6 is 0 Å². The molecule has 1 amide bonds. The van der Waals surface area contributed by atoms with Gasteiger partial charge in [0.25, 0.3) is 0 Å². The second kappa shape index (κ2) is 7.27. The Morgan fingerprint density at radius 1 is 1.15 bits per heavy atom. The maximum atomic E-state index is 12.5. The third kappa shape index (κ3) is 4.36. The van der Waals surface area contributed by atoms with E-state index in [4.69, 9.17) is 9.47 Å². The molecule has 2 unspecified atom stereocenters. The SMILES string of the molecule is COc1ccc(CN2CC3CN(C(=O)OC(C)(C)C)CC2CC3=O)cc1. The quantitative estimate of drug-likeness (QED) is 0.829. The number of ketones is 1. The van der Waals surface area contributed by atoms with E-state index in [0.29, 0.717) is 26.1 Å². The van der Waals surface area contributed by atoms with Gasteiger partial charge in [-0.25, -0.2) is 4.79 Å². The van der Waals surface area contributed by atoms with Crippen LogP contribution in [0, 0.1) is 5.92 Å². The lowest BCUT2D eigenvalue weighted by Gasteiger charge is -2.35. The normalized spacial score (nSPS) is 23.7. The van der Waals surface area contributed by atoms with Gasteiger partial charge in [0.05, 0.1) is 7.11 Å². The van der Waals surface area contributed by atoms with Crippen LogP contribution in [0.3, 0.4) is 0 Å². The van der Waals surface area contributed by atoms with Crippen molar-refractivity contribution < 1.29 is 19.1 Å². The molecular weight excluding hydrogens is 332 g/mol. The van der Waals surface area contributed by atoms with Gasteiger partial charge >= 0.3 is 6.09 Å². The van der Waals surface area contributed by atoms with Gasteiger partial charge in [-0.2, -0.15) is 0 Å². The highest BCUT2D eigenvalue weighted by atomic mass is 16.6. The van der Waals surface area contributed by atoms with Crippen LogP contribution in [0.5, 0.6) is 5.75 Å². The number of fused-ring (bicyclic) bond motifs is 4. The molecule has 3 aliphatic heterocycles. The van der Waals surface area contributed by atoms with Crippen LogP contribution in [-0.2, 0) is 16.1 Å². The fourth-order valence-corrected chi connectivity index (χ4v) is 3.63. The maximum absolute atomic E-state index is 12.5. The van der Waals surface area contributed by atoms with Crippen molar-refractivity contribution in [3.8, 4) is 5.75 Å². The molecule has 0 radical (unpaired) electrons. The monoisotopic (exact) mass is 360 g/mol. The molecule has 26 heavy (non-hydrogen) atoms. The molecule has 0 aromatic heterocycles. The van der Waals surface area contributed by atoms with E-state index in [9.17, 15) is 9.59 Å². The van der Waals surface area contributed by atoms with Gasteiger partial charge in [-0.1, -0.05) is 12.1 Å². The molecule has 0 spiro atoms. The van der Waals surface area contributed by atoms with Gasteiger partial charge in [-0.05, 0) is 38.5 Å². The summed E-state index contributed by atoms with van der Waals surface area (Å²) in [7, 11) is 1.65. The topological polar surface area (TPSA) is 59.1 Å². The first-order valence-corrected chi connectivity index (χ1v) is 9.13. The second-order valence-corrected chi connectivity index (χ2v) is 8.18. The van der Waals surface area contributed by atoms with Crippen LogP contribution in [-0.4, -0.2) is 60.1 Å². The summed E-state index contributed by atoms with van der Waals surface area (Å²) in [5, 5.41) is 0. The summed E-state index contributed by atoms with van der Waals surface area (Å²) in [5.74, 6) is 0.948. The summed E-state index contributed by atoms with van der Waals surface area (Å²) < 4.78 is 10.7. The van der Waals surface area contributed by atoms with Crippen LogP contribution in [0.15, 0.2) is 24.3 Å². The first-order valence-electron chi connectivity index (χ1n) is 9.13. The third-order valence-corrected chi connectivity index (χ3v) is 4.93. The number of hydrogen-bond acceptors (Lipinski definition) is 5. The summed E-state index contributed by atoms with van der Waals surface area (Å²) in [4.78, 5) is 28.9. The highest BCUT2D eigenvalue weighted by Crippen LogP contribution is 2.28. The number of carbonyl (C=O) groups is 2. The van der Waals surface area contributed by atoms with Crippen LogP contribution in [0.2, 0.25) is 0 Å². The van der Waals surface area contributed by atoms with Gasteiger partial charge in [0.1, 0.15) is 17.1 Å². The predicted molar refractivity (Wildman–Crippen MR) is 98.1 cm³/mol. The fourth-order valence-electron chi connectivity index (χ4n) is 3.63. The molecule has 3 heterocycles. The van der Waals surface area contributed by atoms with Gasteiger partial charge in [0.2, 0.25) is 0 Å². The molecule has 0 aliphatic carbocycles. The Kier molecular flexibility index (Phi) is 5.23. The number of hydrogen-bond donors (Lipinski definition) is 0. The molecule has 2 atom stereocenters. The minimum Gasteiger partial charge on any atom is -0.497 e. The molecule has 6 nitrogen and oxygen atoms in total. The number of rotatable bonds is 3. The van der Waals surface area contributed by atoms with Crippen LogP contribution < -0.4 is 4.74 Å². The van der Waals surface area contributed by atoms with E-state index in [-0.39, 0.29) is 23.8 Å². The Labute approximate surface area is 155 Å². The first-order chi connectivity index (χ1) is 12.2. The number of methoxy groups -OCH3 is 1. The Balaban J connectivity index is 1.71. The minimum absolute atomic E-state index is 0.0378. The van der Waals surface area contributed by atoms with Crippen LogP contribution in [0.25, 0.3) is 0 Å². The van der Waals surface area contributed by atoms with Gasteiger partial charge < -0.3 is 14.4 Å². The first kappa shape index (κ1) is 18.7. The van der Waals surface area contributed by atoms with Crippen molar-refractivity contribution in [2.45, 2.75) is 45.4 Å². The van der Waals surface area contributed by atoms with Gasteiger partial charge in [-0.3, -0.25) is 9.69 Å². The standard InChI is InChI=1S/C20H28N2O4/c1-20(2,3)26-19(24)22-12-15-11-21(16(13-22)9-18(15)23)10-14-5-7-17(25-4)8-6-14/h5-8,15-16H,9-13H2,1-4H3. The van der Waals surface area contributed by atoms with Crippen molar-refractivity contribution in [3.63, 3.8) is 0 Å². The van der Waals surface area contributed by atoms with E-state index < -0.39 is 5.60 Å². The molecule has 142 valence electrons. The van der Waals surface area contributed by atoms with Crippen molar-refractivity contribution in [1.82, 2.24) is 9.80 Å². The third-order valence-electron chi connectivity index (χ3n) is 4.93. The molecule has 3 fully saturated rings. The van der Waals surface area contributed by atoms with E-state index >= 15 is 0 Å². The largest absolute Gasteiger partial charge is 0.497 e. The molecule has 3 saturated heterocycles. The van der Waals surface area contributed by atoms with E-state index in [1.54, 1.807) is 12.0 Å². The second-order valence-electron chi connectivity index (χ2n) is 8.18. The Morgan fingerprint density at radius 2 is 1.85 bits per heavy atom. The molecule has 1 aromatic carbocycles. The Morgan fingerprint density at radius 3 is 2.46 bits per heavy atom. The van der Waals surface area contributed by atoms with Crippen molar-refractivity contribution in [2.24, 2.45) is 5.92 Å². The van der Waals surface area contributed by atoms with Crippen molar-refractivity contribution in [3.05, 3.63) is 29.8 Å². The van der Waals surface area contributed by atoms with Gasteiger partial charge in [-0.15, -0.1) is 0 Å². The molecule has 0 N–H and O–H groups in total. The number of carbonyl (C=O) groups excluding carboxylic acids is 2. The molecule has 0 saturated carbocycles. The zero-order valence-electron chi connectivity index (χ0n) is 16.0. The van der Waals surface area contributed by atoms with E-state index in [1.165, 1.54) is 5.56 Å². The van der Waals surface area contributed by atoms with Crippen molar-refractivity contribution in [2.75, 3.05) is 26.7 Å². The number of benzene rings is 1. The zero-order chi connectivity index (χ0) is 18.9. The molecule has 3 aliphatic rings. The summed E-state index contributed by atoms with van der Waals surface area (Å²) in [6.07, 6.45) is 0.175. The van der Waals surface area contributed by atoms with Crippen molar-refractivity contribution in [1.29, 1.82) is 0 Å². The van der Waals surface area contributed by atoms with Crippen molar-refractivity contribution >= 4 is 11.9 Å². The number of Topliss-reactive ketones (excluding diaryl/α,β-unsaturated/α-hetero) is 1. The highest BCUT2D eigenvalue weighted by Gasteiger charge is 2.42. The van der Waals surface area contributed by atoms with E-state index in [2.05, 4.69) is 4.90 Å². The Hall–Kier alpha value is -2.08. The summed E-state index contributed by atoms with van der Waals surface area (Å²) in [5.41, 5.74) is 0.643. The number of amides is 1. The highest BCUT2D eigenvalue weighted by molar-refractivity contribution is 5.84. The number of ether oxygens (including phenoxy) is 2. The lowest BCUT2D eigenvalue weighted by Crippen LogP contribution is -2.47. The summed E-state index contributed by atoms with van der Waals surface area (Å²) in [6.45, 7) is 8.02. The maximum Gasteiger partial charge on any atom is 0.410 e. The smallest absolute Gasteiger partial charge is 0.410 e. The van der Waals surface area contributed by atoms with Gasteiger partial charge in [0.15, 0.2) is 0 Å². The minimum atomic E-state index is -0.533. The van der Waals surface area contributed by atoms with Crippen LogP contribution in [0.1, 0.15) is 32.8 Å². The summed E-state index contributed by atoms with van der Waals surface area (Å²) in [6, 6.07) is 8.03. The summed E-state index contributed by atoms with van der Waals surface area (Å²) >= 11 is 0. The average molecular weight is 360 g/mol. The van der Waals surface area contributed by atoms with E-state index in [0.717, 1.165) is 12.3 Å². The fraction of sp³-hybridized carbons (Fsp3) is 0.600. The lowest BCUT2D eigenvalue weighted by molar-refractivity contribution is -0.127.